The van der Waals surface area contributed by atoms with Crippen LogP contribution in [0.4, 0.5) is 11.4 Å². The molecule has 2 N–H and O–H groups in total. The fourth-order valence-corrected chi connectivity index (χ4v) is 8.21. The Morgan fingerprint density at radius 1 is 0.610 bits per heavy atom. The molecule has 1 aromatic rings. The summed E-state index contributed by atoms with van der Waals surface area (Å²) in [4.78, 5) is 49.6. The first-order valence-electron chi connectivity index (χ1n) is 24.6. The van der Waals surface area contributed by atoms with Gasteiger partial charge in [-0.1, -0.05) is 162 Å². The highest BCUT2D eigenvalue weighted by Gasteiger charge is 2.22. The lowest BCUT2D eigenvalue weighted by Gasteiger charge is -2.23. The summed E-state index contributed by atoms with van der Waals surface area (Å²) in [6.45, 7) is 8.22. The topological polar surface area (TPSA) is 116 Å². The first kappa shape index (κ1) is 56.9. The molecule has 9 nitrogen and oxygen atoms in total. The molecule has 10 heteroatoms. The quantitative estimate of drug-likeness (QED) is 0.0194. The van der Waals surface area contributed by atoms with E-state index in [1.807, 2.05) is 14.1 Å². The van der Waals surface area contributed by atoms with Crippen LogP contribution in [0.15, 0.2) is 9.59 Å². The highest BCUT2D eigenvalue weighted by Crippen LogP contribution is 2.20. The van der Waals surface area contributed by atoms with Crippen LogP contribution >= 0.6 is 12.6 Å². The maximum atomic E-state index is 12.8. The second-order valence-electron chi connectivity index (χ2n) is 17.2. The normalized spacial score (nSPS) is 11.8. The lowest BCUT2D eigenvalue weighted by molar-refractivity contribution is -0.150. The van der Waals surface area contributed by atoms with Gasteiger partial charge in [0.25, 0.3) is 17.3 Å². The lowest BCUT2D eigenvalue weighted by Crippen LogP contribution is -2.40. The first-order valence-corrected chi connectivity index (χ1v) is 25.2. The van der Waals surface area contributed by atoms with Gasteiger partial charge in [-0.3, -0.25) is 19.2 Å². The predicted octanol–water partition coefficient (Wildman–Crippen LogP) is 12.5. The van der Waals surface area contributed by atoms with Crippen molar-refractivity contribution in [2.75, 3.05) is 56.2 Å². The Hall–Kier alpha value is -2.07. The van der Waals surface area contributed by atoms with E-state index in [0.29, 0.717) is 24.3 Å². The molecule has 0 fully saturated rings. The molecule has 0 heterocycles. The minimum Gasteiger partial charge on any atom is -0.483 e. The van der Waals surface area contributed by atoms with E-state index in [2.05, 4.69) is 36.7 Å². The van der Waals surface area contributed by atoms with Gasteiger partial charge >= 0.3 is 5.97 Å². The van der Waals surface area contributed by atoms with Crippen molar-refractivity contribution in [1.82, 2.24) is 4.90 Å². The van der Waals surface area contributed by atoms with Crippen molar-refractivity contribution in [3.8, 4) is 0 Å². The zero-order chi connectivity index (χ0) is 43.6. The molecule has 0 saturated heterocycles. The number of unbranched alkanes of at least 4 members (excludes halogenated alkanes) is 25. The molecule has 59 heavy (non-hydrogen) atoms. The van der Waals surface area contributed by atoms with Crippen LogP contribution in [0.2, 0.25) is 0 Å². The smallest absolute Gasteiger partial charge is 0.306 e. The van der Waals surface area contributed by atoms with Crippen LogP contribution in [-0.2, 0) is 14.3 Å². The summed E-state index contributed by atoms with van der Waals surface area (Å²) in [5.41, 5.74) is 0.221. The van der Waals surface area contributed by atoms with Gasteiger partial charge in [0, 0.05) is 27.1 Å². The van der Waals surface area contributed by atoms with Crippen LogP contribution in [0.25, 0.3) is 0 Å². The van der Waals surface area contributed by atoms with Crippen LogP contribution in [-0.4, -0.2) is 74.6 Å². The third-order valence-electron chi connectivity index (χ3n) is 11.6. The molecule has 1 atom stereocenters. The minimum absolute atomic E-state index is 0.00530. The van der Waals surface area contributed by atoms with Gasteiger partial charge in [-0.25, -0.2) is 0 Å². The molecule has 0 radical (unpaired) electrons. The fourth-order valence-electron chi connectivity index (χ4n) is 7.98. The molecule has 346 valence electrons. The van der Waals surface area contributed by atoms with E-state index in [0.717, 1.165) is 70.3 Å². The molecule has 0 amide bonds. The Morgan fingerprint density at radius 3 is 1.44 bits per heavy atom. The van der Waals surface area contributed by atoms with Gasteiger partial charge in [-0.05, 0) is 83.2 Å². The largest absolute Gasteiger partial charge is 0.483 e. The van der Waals surface area contributed by atoms with Crippen molar-refractivity contribution < 1.29 is 19.4 Å². The highest BCUT2D eigenvalue weighted by atomic mass is 32.1. The number of esters is 1. The Labute approximate surface area is 368 Å². The Bertz CT molecular complexity index is 1160. The van der Waals surface area contributed by atoms with Gasteiger partial charge in [-0.15, -0.1) is 0 Å². The van der Waals surface area contributed by atoms with E-state index in [4.69, 9.17) is 14.6 Å². The molecule has 1 unspecified atom stereocenters. The van der Waals surface area contributed by atoms with Crippen molar-refractivity contribution in [3.05, 3.63) is 20.4 Å². The zero-order valence-electron chi connectivity index (χ0n) is 38.9. The summed E-state index contributed by atoms with van der Waals surface area (Å²) in [5.74, 6) is 0.961. The average Bonchev–Trinajstić information content (AvgIpc) is 3.22. The van der Waals surface area contributed by atoms with Gasteiger partial charge in [0.05, 0.1) is 0 Å². The number of nitrogens with zero attached hydrogens (tertiary/aromatic N) is 2. The zero-order valence-corrected chi connectivity index (χ0v) is 39.7. The van der Waals surface area contributed by atoms with Crippen LogP contribution in [0, 0.1) is 0 Å². The number of nitrogens with one attached hydrogen (secondary N) is 1. The number of thiol groups is 1. The van der Waals surface area contributed by atoms with Crippen molar-refractivity contribution in [1.29, 1.82) is 0 Å². The minimum atomic E-state index is -0.385. The molecule has 0 aliphatic carbocycles. The third kappa shape index (κ3) is 33.3. The third-order valence-corrected chi connectivity index (χ3v) is 11.9. The van der Waals surface area contributed by atoms with E-state index in [1.165, 1.54) is 161 Å². The van der Waals surface area contributed by atoms with Gasteiger partial charge in [0.1, 0.15) is 17.5 Å². The highest BCUT2D eigenvalue weighted by molar-refractivity contribution is 7.80. The number of carbonyl (C=O) groups excluding carboxylic acids is 1. The fraction of sp³-hybridized carbons (Fsp3) is 0.878. The van der Waals surface area contributed by atoms with Crippen molar-refractivity contribution in [2.24, 2.45) is 0 Å². The molecule has 1 aromatic carbocycles. The Morgan fingerprint density at radius 2 is 1.00 bits per heavy atom. The summed E-state index contributed by atoms with van der Waals surface area (Å²) in [7, 11) is 3.63. The molecule has 0 aliphatic heterocycles. The number of hydrogen-bond acceptors (Lipinski definition) is 9. The maximum absolute atomic E-state index is 12.8. The number of rotatable bonds is 43. The van der Waals surface area contributed by atoms with Gasteiger partial charge in [0.15, 0.2) is 0 Å². The van der Waals surface area contributed by atoms with E-state index >= 15 is 0 Å². The number of ether oxygens (including phenoxy) is 1. The number of anilines is 2. The Balaban J connectivity index is 0.0000108. The van der Waals surface area contributed by atoms with E-state index in [1.54, 1.807) is 4.90 Å². The predicted molar refractivity (Wildman–Crippen MR) is 257 cm³/mol. The molecule has 0 bridgehead atoms. The van der Waals surface area contributed by atoms with Gasteiger partial charge in [0.2, 0.25) is 0 Å². The Kier molecular flexibility index (Phi) is 41.1. The SMILES string of the molecule is CCCCCCCCCCCCCCCCN(CCCCCCCC(=O)OC(CCCCCCS)CCCCCCCC)CCCNc1c(N(C)C)c(=O)c1=O.O=CO. The monoisotopic (exact) mass is 852 g/mol. The number of carboxylic acid groups (broad SMARTS) is 1. The molecule has 1 rings (SSSR count). The molecule has 0 spiro atoms. The van der Waals surface area contributed by atoms with Crippen molar-refractivity contribution in [3.63, 3.8) is 0 Å². The van der Waals surface area contributed by atoms with Crippen LogP contribution < -0.4 is 21.1 Å². The summed E-state index contributed by atoms with van der Waals surface area (Å²) in [6, 6.07) is 0. The molecule has 0 saturated carbocycles. The summed E-state index contributed by atoms with van der Waals surface area (Å²) in [5, 5.41) is 10.1. The number of hydrogen-bond donors (Lipinski definition) is 3. The molecule has 0 aliphatic rings. The van der Waals surface area contributed by atoms with Crippen LogP contribution in [0.3, 0.4) is 0 Å². The van der Waals surface area contributed by atoms with Crippen LogP contribution in [0.1, 0.15) is 226 Å². The standard InChI is InChI=1S/C48H91N3O4S.CH2O2/c1-5-7-9-11-13-14-15-16-17-18-19-20-25-31-39-51(41-34-38-49-45-46(50(3)4)48(54)47(45)53)40-32-26-21-23-30-37-44(52)55-43(36-29-24-27-33-42-56)35-28-22-12-10-8-6-2;2-1-3/h43,49,56H,5-42H2,1-4H3;1H,(H,2,3). The van der Waals surface area contributed by atoms with Crippen molar-refractivity contribution >= 4 is 36.4 Å². The second kappa shape index (κ2) is 42.6. The summed E-state index contributed by atoms with van der Waals surface area (Å²) < 4.78 is 6.04. The van der Waals surface area contributed by atoms with Gasteiger partial charge in [-0.2, -0.15) is 12.6 Å². The summed E-state index contributed by atoms with van der Waals surface area (Å²) >= 11 is 4.34. The van der Waals surface area contributed by atoms with E-state index in [9.17, 15) is 14.4 Å². The van der Waals surface area contributed by atoms with Crippen LogP contribution in [0.5, 0.6) is 0 Å². The summed E-state index contributed by atoms with van der Waals surface area (Å²) in [6.07, 6.45) is 40.8. The van der Waals surface area contributed by atoms with Gasteiger partial charge < -0.3 is 25.0 Å². The van der Waals surface area contributed by atoms with E-state index < -0.39 is 0 Å². The maximum Gasteiger partial charge on any atom is 0.306 e. The molecular weight excluding hydrogens is 759 g/mol. The first-order chi connectivity index (χ1) is 28.8. The van der Waals surface area contributed by atoms with Crippen molar-refractivity contribution in [2.45, 2.75) is 232 Å². The molecule has 0 aromatic heterocycles. The van der Waals surface area contributed by atoms with E-state index in [-0.39, 0.29) is 29.4 Å². The number of carbonyl (C=O) groups is 2. The lowest BCUT2D eigenvalue weighted by atomic mass is 10.0. The molecular formula is C49H93N3O6S. The second-order valence-corrected chi connectivity index (χ2v) is 17.7. The average molecular weight is 852 g/mol.